The Morgan fingerprint density at radius 2 is 1.86 bits per heavy atom. The molecule has 3 aromatic carbocycles. The number of ether oxygens (including phenoxy) is 2. The second-order valence-electron chi connectivity index (χ2n) is 7.19. The Morgan fingerprint density at radius 1 is 1.00 bits per heavy atom. The van der Waals surface area contributed by atoms with Crippen molar-refractivity contribution in [3.8, 4) is 28.4 Å². The molecule has 5 rings (SSSR count). The second kappa shape index (κ2) is 7.32. The number of fused-ring (bicyclic) bond motifs is 3. The number of para-hydroxylation sites is 1. The van der Waals surface area contributed by atoms with Gasteiger partial charge in [0.2, 0.25) is 0 Å². The maximum Gasteiger partial charge on any atom is 0.170 e. The molecule has 2 aliphatic rings. The molecule has 1 saturated heterocycles. The highest BCUT2D eigenvalue weighted by Gasteiger charge is 2.38. The van der Waals surface area contributed by atoms with Crippen molar-refractivity contribution in [1.29, 1.82) is 0 Å². The van der Waals surface area contributed by atoms with Gasteiger partial charge in [0.1, 0.15) is 11.9 Å². The third-order valence-electron chi connectivity index (χ3n) is 5.38. The number of nitrogens with one attached hydrogen (secondary N) is 1. The summed E-state index contributed by atoms with van der Waals surface area (Å²) < 4.78 is 12.6. The lowest BCUT2D eigenvalue weighted by Crippen LogP contribution is -2.37. The maximum absolute atomic E-state index is 6.50. The van der Waals surface area contributed by atoms with E-state index in [-0.39, 0.29) is 6.10 Å². The largest absolute Gasteiger partial charge is 0.485 e. The SMILES string of the molecule is Clc1ccc(-c2cc(Oc3ccccc3)c3c(c2)C2CNCCC2O3)c(Cl)c1. The molecule has 1 N–H and O–H groups in total. The van der Waals surface area contributed by atoms with Gasteiger partial charge in [-0.25, -0.2) is 0 Å². The van der Waals surface area contributed by atoms with Crippen LogP contribution in [0.2, 0.25) is 10.0 Å². The molecular formula is C23H19Cl2NO2. The van der Waals surface area contributed by atoms with E-state index in [4.69, 9.17) is 32.7 Å². The highest BCUT2D eigenvalue weighted by atomic mass is 35.5. The van der Waals surface area contributed by atoms with Crippen LogP contribution in [0, 0.1) is 0 Å². The third-order valence-corrected chi connectivity index (χ3v) is 5.93. The maximum atomic E-state index is 6.50. The number of benzene rings is 3. The van der Waals surface area contributed by atoms with Gasteiger partial charge < -0.3 is 14.8 Å². The Hall–Kier alpha value is -2.20. The number of hydrogen-bond acceptors (Lipinski definition) is 3. The molecule has 0 aromatic heterocycles. The summed E-state index contributed by atoms with van der Waals surface area (Å²) >= 11 is 12.6. The van der Waals surface area contributed by atoms with Crippen molar-refractivity contribution >= 4 is 23.2 Å². The summed E-state index contributed by atoms with van der Waals surface area (Å²) in [5.74, 6) is 2.66. The zero-order chi connectivity index (χ0) is 19.1. The molecule has 142 valence electrons. The third kappa shape index (κ3) is 3.24. The van der Waals surface area contributed by atoms with Gasteiger partial charge in [-0.3, -0.25) is 0 Å². The van der Waals surface area contributed by atoms with Gasteiger partial charge in [0.05, 0.1) is 0 Å². The molecule has 3 aromatic rings. The molecule has 2 heterocycles. The molecule has 2 atom stereocenters. The van der Waals surface area contributed by atoms with Crippen LogP contribution in [0.3, 0.4) is 0 Å². The molecule has 2 aliphatic heterocycles. The molecule has 0 aliphatic carbocycles. The Kier molecular flexibility index (Phi) is 4.67. The Morgan fingerprint density at radius 3 is 2.68 bits per heavy atom. The average Bonchev–Trinajstić information content (AvgIpc) is 3.08. The van der Waals surface area contributed by atoms with Crippen molar-refractivity contribution in [3.05, 3.63) is 76.3 Å². The first kappa shape index (κ1) is 17.9. The normalized spacial score (nSPS) is 20.2. The lowest BCUT2D eigenvalue weighted by atomic mass is 9.89. The fraction of sp³-hybridized carbons (Fsp3) is 0.217. The molecule has 0 amide bonds. The van der Waals surface area contributed by atoms with Crippen molar-refractivity contribution < 1.29 is 9.47 Å². The smallest absolute Gasteiger partial charge is 0.170 e. The fourth-order valence-electron chi connectivity index (χ4n) is 4.03. The summed E-state index contributed by atoms with van der Waals surface area (Å²) in [4.78, 5) is 0. The molecule has 28 heavy (non-hydrogen) atoms. The fourth-order valence-corrected chi connectivity index (χ4v) is 4.55. The van der Waals surface area contributed by atoms with Crippen LogP contribution in [0.4, 0.5) is 0 Å². The molecule has 0 spiro atoms. The van der Waals surface area contributed by atoms with E-state index in [9.17, 15) is 0 Å². The summed E-state index contributed by atoms with van der Waals surface area (Å²) in [7, 11) is 0. The van der Waals surface area contributed by atoms with Crippen LogP contribution < -0.4 is 14.8 Å². The summed E-state index contributed by atoms with van der Waals surface area (Å²) in [6.07, 6.45) is 1.17. The van der Waals surface area contributed by atoms with Crippen LogP contribution in [0.5, 0.6) is 17.2 Å². The van der Waals surface area contributed by atoms with Gasteiger partial charge in [0.25, 0.3) is 0 Å². The van der Waals surface area contributed by atoms with Crippen molar-refractivity contribution in [2.45, 2.75) is 18.4 Å². The van der Waals surface area contributed by atoms with Gasteiger partial charge in [-0.15, -0.1) is 0 Å². The molecular weight excluding hydrogens is 393 g/mol. The molecule has 0 bridgehead atoms. The van der Waals surface area contributed by atoms with E-state index in [0.29, 0.717) is 16.0 Å². The quantitative estimate of drug-likeness (QED) is 0.548. The lowest BCUT2D eigenvalue weighted by molar-refractivity contribution is 0.169. The van der Waals surface area contributed by atoms with Gasteiger partial charge in [-0.1, -0.05) is 47.5 Å². The Bertz CT molecular complexity index is 1020. The highest BCUT2D eigenvalue weighted by molar-refractivity contribution is 6.36. The van der Waals surface area contributed by atoms with Crippen LogP contribution in [0.15, 0.2) is 60.7 Å². The Balaban J connectivity index is 1.64. The van der Waals surface area contributed by atoms with Gasteiger partial charge in [-0.05, 0) is 54.9 Å². The minimum absolute atomic E-state index is 0.185. The molecule has 0 radical (unpaired) electrons. The predicted octanol–water partition coefficient (Wildman–Crippen LogP) is 6.29. The van der Waals surface area contributed by atoms with Gasteiger partial charge in [-0.2, -0.15) is 0 Å². The number of hydrogen-bond donors (Lipinski definition) is 1. The van der Waals surface area contributed by atoms with E-state index in [2.05, 4.69) is 11.4 Å². The monoisotopic (exact) mass is 411 g/mol. The van der Waals surface area contributed by atoms with Crippen LogP contribution in [0.1, 0.15) is 17.9 Å². The van der Waals surface area contributed by atoms with E-state index >= 15 is 0 Å². The van der Waals surface area contributed by atoms with E-state index in [1.165, 1.54) is 5.56 Å². The predicted molar refractivity (Wildman–Crippen MR) is 113 cm³/mol. The minimum Gasteiger partial charge on any atom is -0.485 e. The Labute approximate surface area is 174 Å². The van der Waals surface area contributed by atoms with Crippen LogP contribution in [-0.2, 0) is 0 Å². The molecule has 5 heteroatoms. The zero-order valence-electron chi connectivity index (χ0n) is 15.1. The topological polar surface area (TPSA) is 30.5 Å². The second-order valence-corrected chi connectivity index (χ2v) is 8.03. The molecule has 0 saturated carbocycles. The average molecular weight is 412 g/mol. The molecule has 1 fully saturated rings. The number of rotatable bonds is 3. The zero-order valence-corrected chi connectivity index (χ0v) is 16.6. The minimum atomic E-state index is 0.185. The first-order valence-electron chi connectivity index (χ1n) is 9.43. The van der Waals surface area contributed by atoms with E-state index in [0.717, 1.165) is 47.9 Å². The summed E-state index contributed by atoms with van der Waals surface area (Å²) in [6, 6.07) is 19.5. The van der Waals surface area contributed by atoms with Crippen molar-refractivity contribution in [1.82, 2.24) is 5.32 Å². The standard InChI is InChI=1S/C23H19Cl2NO2/c24-15-6-7-17(20(25)12-15)14-10-18-19-13-26-9-8-21(19)28-23(18)22(11-14)27-16-4-2-1-3-5-16/h1-7,10-12,19,21,26H,8-9,13H2. The van der Waals surface area contributed by atoms with E-state index in [1.807, 2.05) is 48.5 Å². The van der Waals surface area contributed by atoms with Gasteiger partial charge in [0, 0.05) is 33.6 Å². The van der Waals surface area contributed by atoms with Gasteiger partial charge in [0.15, 0.2) is 11.5 Å². The molecule has 2 unspecified atom stereocenters. The molecule has 3 nitrogen and oxygen atoms in total. The van der Waals surface area contributed by atoms with Crippen molar-refractivity contribution in [3.63, 3.8) is 0 Å². The van der Waals surface area contributed by atoms with E-state index < -0.39 is 0 Å². The lowest BCUT2D eigenvalue weighted by Gasteiger charge is -2.24. The summed E-state index contributed by atoms with van der Waals surface area (Å²) in [5, 5.41) is 4.72. The van der Waals surface area contributed by atoms with Crippen molar-refractivity contribution in [2.75, 3.05) is 13.1 Å². The number of piperidine rings is 1. The highest BCUT2D eigenvalue weighted by Crippen LogP contribution is 2.49. The summed E-state index contributed by atoms with van der Waals surface area (Å²) in [6.45, 7) is 1.88. The number of halogens is 2. The van der Waals surface area contributed by atoms with Gasteiger partial charge >= 0.3 is 0 Å². The van der Waals surface area contributed by atoms with Crippen LogP contribution in [0.25, 0.3) is 11.1 Å². The summed E-state index contributed by atoms with van der Waals surface area (Å²) in [5.41, 5.74) is 3.10. The van der Waals surface area contributed by atoms with Crippen molar-refractivity contribution in [2.24, 2.45) is 0 Å². The first-order chi connectivity index (χ1) is 13.7. The first-order valence-corrected chi connectivity index (χ1v) is 10.2. The van der Waals surface area contributed by atoms with Crippen LogP contribution in [-0.4, -0.2) is 19.2 Å². The van der Waals surface area contributed by atoms with E-state index in [1.54, 1.807) is 6.07 Å². The van der Waals surface area contributed by atoms with Crippen LogP contribution >= 0.6 is 23.2 Å².